The molecule has 0 atom stereocenters. The van der Waals surface area contributed by atoms with E-state index in [0.29, 0.717) is 43.3 Å². The quantitative estimate of drug-likeness (QED) is 0.715. The molecular formula is C23H30N2O3. The van der Waals surface area contributed by atoms with E-state index in [2.05, 4.69) is 19.2 Å². The number of para-hydroxylation sites is 1. The number of hydrogen-bond donors (Lipinski definition) is 2. The van der Waals surface area contributed by atoms with Crippen LogP contribution in [0.5, 0.6) is 11.5 Å². The summed E-state index contributed by atoms with van der Waals surface area (Å²) in [5.74, 6) is 2.00. The van der Waals surface area contributed by atoms with Gasteiger partial charge in [-0.2, -0.15) is 0 Å². The van der Waals surface area contributed by atoms with Crippen LogP contribution in [0, 0.1) is 5.92 Å². The number of carbonyl (C=O) groups is 1. The number of ether oxygens (including phenoxy) is 1. The van der Waals surface area contributed by atoms with Crippen LogP contribution in [0.25, 0.3) is 0 Å². The monoisotopic (exact) mass is 382 g/mol. The molecule has 0 spiro atoms. The van der Waals surface area contributed by atoms with Crippen molar-refractivity contribution < 1.29 is 14.6 Å². The minimum Gasteiger partial charge on any atom is -0.457 e. The average molecular weight is 383 g/mol. The third-order valence-corrected chi connectivity index (χ3v) is 5.23. The second kappa shape index (κ2) is 9.11. The normalized spacial score (nSPS) is 16.1. The summed E-state index contributed by atoms with van der Waals surface area (Å²) in [6.45, 7) is 5.48. The van der Waals surface area contributed by atoms with Crippen molar-refractivity contribution in [3.05, 3.63) is 54.6 Å². The van der Waals surface area contributed by atoms with E-state index in [0.717, 1.165) is 18.6 Å². The number of benzene rings is 2. The van der Waals surface area contributed by atoms with Gasteiger partial charge in [-0.15, -0.1) is 0 Å². The molecular weight excluding hydrogens is 352 g/mol. The molecule has 1 saturated heterocycles. The fourth-order valence-corrected chi connectivity index (χ4v) is 3.40. The number of carbonyl (C=O) groups excluding carboxylic acids is 1. The van der Waals surface area contributed by atoms with Crippen LogP contribution in [0.3, 0.4) is 0 Å². The number of rotatable bonds is 6. The van der Waals surface area contributed by atoms with Crippen LogP contribution in [-0.2, 0) is 0 Å². The topological polar surface area (TPSA) is 61.8 Å². The summed E-state index contributed by atoms with van der Waals surface area (Å²) < 4.78 is 5.82. The Balaban J connectivity index is 1.53. The van der Waals surface area contributed by atoms with Crippen molar-refractivity contribution in [1.29, 1.82) is 0 Å². The van der Waals surface area contributed by atoms with Crippen molar-refractivity contribution in [2.24, 2.45) is 5.92 Å². The summed E-state index contributed by atoms with van der Waals surface area (Å²) in [7, 11) is 0. The molecule has 2 aromatic rings. The van der Waals surface area contributed by atoms with Crippen LogP contribution < -0.4 is 10.1 Å². The second-order valence-electron chi connectivity index (χ2n) is 8.02. The zero-order valence-electron chi connectivity index (χ0n) is 16.7. The van der Waals surface area contributed by atoms with Crippen LogP contribution in [-0.4, -0.2) is 34.7 Å². The summed E-state index contributed by atoms with van der Waals surface area (Å²) >= 11 is 0. The Hall–Kier alpha value is -2.53. The maximum atomic E-state index is 12.6. The first-order chi connectivity index (χ1) is 13.4. The van der Waals surface area contributed by atoms with Crippen molar-refractivity contribution in [3.8, 4) is 11.5 Å². The van der Waals surface area contributed by atoms with E-state index >= 15 is 0 Å². The molecule has 0 unspecified atom stereocenters. The predicted molar refractivity (Wildman–Crippen MR) is 112 cm³/mol. The van der Waals surface area contributed by atoms with E-state index < -0.39 is 5.60 Å². The number of hydrogen-bond acceptors (Lipinski definition) is 3. The maximum absolute atomic E-state index is 12.6. The molecule has 28 heavy (non-hydrogen) atoms. The third-order valence-electron chi connectivity index (χ3n) is 5.23. The summed E-state index contributed by atoms with van der Waals surface area (Å²) in [4.78, 5) is 14.4. The Bertz CT molecular complexity index is 768. The Morgan fingerprint density at radius 2 is 1.79 bits per heavy atom. The molecule has 1 aliphatic rings. The van der Waals surface area contributed by atoms with Crippen LogP contribution in [0.4, 0.5) is 10.5 Å². The largest absolute Gasteiger partial charge is 0.457 e. The first kappa shape index (κ1) is 20.2. The van der Waals surface area contributed by atoms with Crippen molar-refractivity contribution >= 4 is 11.7 Å². The van der Waals surface area contributed by atoms with Gasteiger partial charge in [0, 0.05) is 24.8 Å². The molecule has 1 aliphatic heterocycles. The Morgan fingerprint density at radius 3 is 2.46 bits per heavy atom. The maximum Gasteiger partial charge on any atom is 0.321 e. The lowest BCUT2D eigenvalue weighted by Gasteiger charge is -2.38. The van der Waals surface area contributed by atoms with Gasteiger partial charge in [-0.3, -0.25) is 0 Å². The lowest BCUT2D eigenvalue weighted by Crippen LogP contribution is -2.48. The van der Waals surface area contributed by atoms with Crippen molar-refractivity contribution in [3.63, 3.8) is 0 Å². The summed E-state index contributed by atoms with van der Waals surface area (Å²) in [5, 5.41) is 13.7. The first-order valence-corrected chi connectivity index (χ1v) is 10.0. The van der Waals surface area contributed by atoms with Gasteiger partial charge in [0.1, 0.15) is 11.5 Å². The van der Waals surface area contributed by atoms with Gasteiger partial charge in [0.25, 0.3) is 0 Å². The number of nitrogens with zero attached hydrogens (tertiary/aromatic N) is 1. The smallest absolute Gasteiger partial charge is 0.321 e. The number of likely N-dealkylation sites (tertiary alicyclic amines) is 1. The van der Waals surface area contributed by atoms with Crippen LogP contribution in [0.1, 0.15) is 39.5 Å². The van der Waals surface area contributed by atoms with Gasteiger partial charge in [0.2, 0.25) is 0 Å². The molecule has 5 nitrogen and oxygen atoms in total. The number of nitrogens with one attached hydrogen (secondary N) is 1. The van der Waals surface area contributed by atoms with Gasteiger partial charge < -0.3 is 20.1 Å². The van der Waals surface area contributed by atoms with Gasteiger partial charge in [-0.25, -0.2) is 4.79 Å². The van der Waals surface area contributed by atoms with Gasteiger partial charge in [0.15, 0.2) is 0 Å². The van der Waals surface area contributed by atoms with E-state index in [-0.39, 0.29) is 6.03 Å². The van der Waals surface area contributed by atoms with Crippen molar-refractivity contribution in [2.75, 3.05) is 18.4 Å². The van der Waals surface area contributed by atoms with Gasteiger partial charge >= 0.3 is 6.03 Å². The minimum atomic E-state index is -0.634. The lowest BCUT2D eigenvalue weighted by molar-refractivity contribution is -0.0215. The minimum absolute atomic E-state index is 0.136. The van der Waals surface area contributed by atoms with Crippen molar-refractivity contribution in [2.45, 2.75) is 45.1 Å². The third kappa shape index (κ3) is 5.73. The summed E-state index contributed by atoms with van der Waals surface area (Å²) in [6.07, 6.45) is 3.07. The highest BCUT2D eigenvalue weighted by Gasteiger charge is 2.33. The van der Waals surface area contributed by atoms with E-state index in [1.54, 1.807) is 4.90 Å². The van der Waals surface area contributed by atoms with Gasteiger partial charge in [-0.05, 0) is 55.9 Å². The summed E-state index contributed by atoms with van der Waals surface area (Å²) in [5.41, 5.74) is 0.0592. The highest BCUT2D eigenvalue weighted by molar-refractivity contribution is 5.89. The van der Waals surface area contributed by atoms with Gasteiger partial charge in [0.05, 0.1) is 5.60 Å². The average Bonchev–Trinajstić information content (AvgIpc) is 2.68. The zero-order chi connectivity index (χ0) is 20.0. The van der Waals surface area contributed by atoms with E-state index in [4.69, 9.17) is 4.74 Å². The molecule has 2 amide bonds. The number of piperidine rings is 1. The molecule has 0 saturated carbocycles. The highest BCUT2D eigenvalue weighted by atomic mass is 16.5. The number of urea groups is 1. The van der Waals surface area contributed by atoms with Crippen LogP contribution in [0.2, 0.25) is 0 Å². The Morgan fingerprint density at radius 1 is 1.11 bits per heavy atom. The molecule has 3 rings (SSSR count). The lowest BCUT2D eigenvalue weighted by atomic mass is 9.85. The second-order valence-corrected chi connectivity index (χ2v) is 8.02. The fourth-order valence-electron chi connectivity index (χ4n) is 3.40. The molecule has 150 valence electrons. The summed E-state index contributed by atoms with van der Waals surface area (Å²) in [6, 6.07) is 16.8. The Kier molecular flexibility index (Phi) is 6.57. The number of aliphatic hydroxyl groups is 1. The Labute approximate surface area is 167 Å². The molecule has 1 heterocycles. The molecule has 0 aromatic heterocycles. The standard InChI is InChI=1S/C23H30N2O3/c1-18(2)11-12-23(27)13-15-25(16-14-23)22(26)24-19-7-6-10-21(17-19)28-20-8-4-3-5-9-20/h3-10,17-18,27H,11-16H2,1-2H3,(H,24,26). The van der Waals surface area contributed by atoms with E-state index in [1.165, 1.54) is 0 Å². The fraction of sp³-hybridized carbons (Fsp3) is 0.435. The van der Waals surface area contributed by atoms with Crippen LogP contribution in [0.15, 0.2) is 54.6 Å². The van der Waals surface area contributed by atoms with Crippen LogP contribution >= 0.6 is 0 Å². The first-order valence-electron chi connectivity index (χ1n) is 10.0. The highest BCUT2D eigenvalue weighted by Crippen LogP contribution is 2.29. The molecule has 1 fully saturated rings. The van der Waals surface area contributed by atoms with Crippen molar-refractivity contribution in [1.82, 2.24) is 4.90 Å². The SMILES string of the molecule is CC(C)CCC1(O)CCN(C(=O)Nc2cccc(Oc3ccccc3)c2)CC1. The molecule has 2 aromatic carbocycles. The zero-order valence-corrected chi connectivity index (χ0v) is 16.7. The van der Waals surface area contributed by atoms with Gasteiger partial charge in [-0.1, -0.05) is 38.1 Å². The number of anilines is 1. The molecule has 2 N–H and O–H groups in total. The number of amides is 2. The molecule has 0 aliphatic carbocycles. The molecule has 0 bridgehead atoms. The molecule has 0 radical (unpaired) electrons. The van der Waals surface area contributed by atoms with E-state index in [1.807, 2.05) is 54.6 Å². The molecule has 5 heteroatoms. The predicted octanol–water partition coefficient (Wildman–Crippen LogP) is 5.27. The van der Waals surface area contributed by atoms with E-state index in [9.17, 15) is 9.90 Å².